The van der Waals surface area contributed by atoms with Crippen molar-refractivity contribution >= 4 is 34.1 Å². The van der Waals surface area contributed by atoms with Crippen LogP contribution in [-0.2, 0) is 23.8 Å². The normalized spacial score (nSPS) is 16.4. The Bertz CT molecular complexity index is 1460. The molecule has 0 spiro atoms. The number of rotatable bonds is 5. The molecule has 0 amide bonds. The van der Waals surface area contributed by atoms with Gasteiger partial charge in [-0.15, -0.1) is 0 Å². The highest BCUT2D eigenvalue weighted by Gasteiger charge is 2.34. The summed E-state index contributed by atoms with van der Waals surface area (Å²) in [7, 11) is 2.54. The van der Waals surface area contributed by atoms with E-state index in [0.717, 1.165) is 50.0 Å². The van der Waals surface area contributed by atoms with Gasteiger partial charge in [0.05, 0.1) is 48.9 Å². The summed E-state index contributed by atoms with van der Waals surface area (Å²) in [5.41, 5.74) is 2.81. The van der Waals surface area contributed by atoms with E-state index in [1.165, 1.54) is 14.2 Å². The van der Waals surface area contributed by atoms with Crippen LogP contribution >= 0.6 is 0 Å². The molecule has 198 valence electrons. The zero-order valence-electron chi connectivity index (χ0n) is 21.5. The third-order valence-electron chi connectivity index (χ3n) is 7.02. The maximum atomic E-state index is 13.0. The Morgan fingerprint density at radius 3 is 2.34 bits per heavy atom. The van der Waals surface area contributed by atoms with Crippen LogP contribution < -0.4 is 15.4 Å². The molecular formula is C28H30N4O6. The monoisotopic (exact) mass is 518 g/mol. The summed E-state index contributed by atoms with van der Waals surface area (Å²) >= 11 is 0. The highest BCUT2D eigenvalue weighted by Crippen LogP contribution is 2.39. The third kappa shape index (κ3) is 4.74. The van der Waals surface area contributed by atoms with Gasteiger partial charge in [0, 0.05) is 24.0 Å². The summed E-state index contributed by atoms with van der Waals surface area (Å²) in [5.74, 6) is -1.32. The molecule has 0 radical (unpaired) electrons. The van der Waals surface area contributed by atoms with E-state index >= 15 is 0 Å². The number of carbonyl (C=O) groups is 2. The van der Waals surface area contributed by atoms with E-state index in [-0.39, 0.29) is 30.2 Å². The number of anilines is 2. The molecule has 1 saturated heterocycles. The second kappa shape index (κ2) is 11.1. The lowest BCUT2D eigenvalue weighted by Gasteiger charge is -2.35. The van der Waals surface area contributed by atoms with E-state index in [0.29, 0.717) is 22.2 Å². The number of aromatic nitrogens is 2. The maximum absolute atomic E-state index is 13.0. The van der Waals surface area contributed by atoms with Gasteiger partial charge in [-0.1, -0.05) is 37.1 Å². The molecule has 38 heavy (non-hydrogen) atoms. The number of benzene rings is 2. The molecule has 2 aliphatic rings. The van der Waals surface area contributed by atoms with Crippen LogP contribution in [-0.4, -0.2) is 62.8 Å². The van der Waals surface area contributed by atoms with Crippen LogP contribution in [0.5, 0.6) is 0 Å². The summed E-state index contributed by atoms with van der Waals surface area (Å²) in [4.78, 5) is 42.0. The first-order valence-corrected chi connectivity index (χ1v) is 12.7. The van der Waals surface area contributed by atoms with Crippen molar-refractivity contribution in [2.24, 2.45) is 0 Å². The van der Waals surface area contributed by atoms with Crippen LogP contribution in [0.15, 0.2) is 58.5 Å². The van der Waals surface area contributed by atoms with E-state index in [1.807, 2.05) is 36.4 Å². The van der Waals surface area contributed by atoms with Gasteiger partial charge in [-0.2, -0.15) is 5.10 Å². The van der Waals surface area contributed by atoms with Gasteiger partial charge in [0.15, 0.2) is 0 Å². The number of hydrogen-bond acceptors (Lipinski definition) is 9. The highest BCUT2D eigenvalue weighted by molar-refractivity contribution is 6.04. The van der Waals surface area contributed by atoms with Gasteiger partial charge in [0.2, 0.25) is 0 Å². The second-order valence-corrected chi connectivity index (χ2v) is 9.27. The molecule has 5 rings (SSSR count). The van der Waals surface area contributed by atoms with Crippen LogP contribution in [0.25, 0.3) is 22.0 Å². The van der Waals surface area contributed by atoms with Gasteiger partial charge in [-0.25, -0.2) is 14.7 Å². The maximum Gasteiger partial charge on any atom is 0.355 e. The van der Waals surface area contributed by atoms with Crippen molar-refractivity contribution in [1.82, 2.24) is 10.2 Å². The number of ether oxygens (including phenoxy) is 3. The Labute approximate surface area is 219 Å². The first-order chi connectivity index (χ1) is 18.5. The van der Waals surface area contributed by atoms with Crippen LogP contribution in [0.1, 0.15) is 25.7 Å². The molecule has 0 bridgehead atoms. The van der Waals surface area contributed by atoms with Crippen LogP contribution in [0, 0.1) is 0 Å². The van der Waals surface area contributed by atoms with Crippen molar-refractivity contribution in [3.8, 4) is 11.3 Å². The molecule has 0 saturated carbocycles. The summed E-state index contributed by atoms with van der Waals surface area (Å²) < 4.78 is 15.8. The Morgan fingerprint density at radius 1 is 0.921 bits per heavy atom. The van der Waals surface area contributed by atoms with Crippen molar-refractivity contribution in [2.45, 2.75) is 25.7 Å². The van der Waals surface area contributed by atoms with Crippen molar-refractivity contribution in [3.63, 3.8) is 0 Å². The quantitative estimate of drug-likeness (QED) is 0.508. The molecule has 1 fully saturated rings. The highest BCUT2D eigenvalue weighted by atomic mass is 16.5. The third-order valence-corrected chi connectivity index (χ3v) is 7.02. The fourth-order valence-electron chi connectivity index (χ4n) is 5.13. The molecule has 2 aromatic carbocycles. The first-order valence-electron chi connectivity index (χ1n) is 12.7. The summed E-state index contributed by atoms with van der Waals surface area (Å²) in [6.45, 7) is 1.69. The molecule has 0 atom stereocenters. The smallest absolute Gasteiger partial charge is 0.355 e. The van der Waals surface area contributed by atoms with E-state index in [4.69, 9.17) is 14.2 Å². The lowest BCUT2D eigenvalue weighted by Crippen LogP contribution is -2.40. The van der Waals surface area contributed by atoms with Crippen molar-refractivity contribution in [1.29, 1.82) is 0 Å². The molecule has 10 nitrogen and oxygen atoms in total. The van der Waals surface area contributed by atoms with E-state index < -0.39 is 11.9 Å². The Morgan fingerprint density at radius 2 is 1.63 bits per heavy atom. The Balaban J connectivity index is 1.73. The number of aromatic amines is 1. The number of carbonyl (C=O) groups excluding carboxylic acids is 2. The number of nitrogens with one attached hydrogen (secondary N) is 1. The van der Waals surface area contributed by atoms with Crippen LogP contribution in [0.2, 0.25) is 0 Å². The fourth-order valence-corrected chi connectivity index (χ4v) is 5.13. The zero-order valence-corrected chi connectivity index (χ0v) is 21.5. The van der Waals surface area contributed by atoms with Crippen molar-refractivity contribution in [3.05, 3.63) is 64.1 Å². The summed E-state index contributed by atoms with van der Waals surface area (Å²) in [5, 5.41) is 8.20. The molecule has 0 unspecified atom stereocenters. The molecule has 10 heteroatoms. The minimum Gasteiger partial charge on any atom is -0.466 e. The fraction of sp³-hybridized carbons (Fsp3) is 0.357. The lowest BCUT2D eigenvalue weighted by atomic mass is 10.0. The second-order valence-electron chi connectivity index (χ2n) is 9.27. The topological polar surface area (TPSA) is 114 Å². The van der Waals surface area contributed by atoms with Gasteiger partial charge < -0.3 is 24.0 Å². The first kappa shape index (κ1) is 25.5. The number of fused-ring (bicyclic) bond motifs is 1. The van der Waals surface area contributed by atoms with Crippen molar-refractivity contribution < 1.29 is 23.8 Å². The number of esters is 2. The average Bonchev–Trinajstić information content (AvgIpc) is 3.26. The summed E-state index contributed by atoms with van der Waals surface area (Å²) in [6, 6.07) is 13.2. The van der Waals surface area contributed by atoms with Gasteiger partial charge >= 0.3 is 11.9 Å². The average molecular weight is 519 g/mol. The largest absolute Gasteiger partial charge is 0.466 e. The molecule has 3 aromatic rings. The van der Waals surface area contributed by atoms with Crippen LogP contribution in [0.3, 0.4) is 0 Å². The Hall–Kier alpha value is -4.18. The van der Waals surface area contributed by atoms with Gasteiger partial charge in [-0.05, 0) is 31.0 Å². The van der Waals surface area contributed by atoms with Crippen LogP contribution in [0.4, 0.5) is 11.4 Å². The number of methoxy groups -OCH3 is 2. The zero-order chi connectivity index (χ0) is 26.6. The number of hydrogen-bond donors (Lipinski definition) is 1. The Kier molecular flexibility index (Phi) is 7.41. The predicted molar refractivity (Wildman–Crippen MR) is 143 cm³/mol. The standard InChI is InChI=1S/C28H30N4O6/c1-36-27(34)21-16-38-17-32(25(21)28(35)37-2)23-15-18(11-12-22(23)31-13-7-3-4-8-14-31)24-19-9-5-6-10-20(19)26(33)30-29-24/h5-6,9-12,15H,3-4,7-8,13-14,16-17H2,1-2H3,(H,30,33). The van der Waals surface area contributed by atoms with Gasteiger partial charge in [-0.3, -0.25) is 4.79 Å². The molecule has 2 aliphatic heterocycles. The number of H-pyrrole nitrogens is 1. The van der Waals surface area contributed by atoms with Gasteiger partial charge in [0.1, 0.15) is 12.4 Å². The molecule has 0 aliphatic carbocycles. The number of nitrogens with zero attached hydrogens (tertiary/aromatic N) is 3. The molecular weight excluding hydrogens is 488 g/mol. The van der Waals surface area contributed by atoms with E-state index in [9.17, 15) is 14.4 Å². The molecule has 1 aromatic heterocycles. The molecule has 1 N–H and O–H groups in total. The summed E-state index contributed by atoms with van der Waals surface area (Å²) in [6.07, 6.45) is 4.42. The minimum atomic E-state index is -0.659. The van der Waals surface area contributed by atoms with E-state index in [2.05, 4.69) is 15.1 Å². The minimum absolute atomic E-state index is 0.0367. The van der Waals surface area contributed by atoms with E-state index in [1.54, 1.807) is 11.0 Å². The SMILES string of the molecule is COC(=O)C1=C(C(=O)OC)N(c2cc(-c3n[nH]c(=O)c4ccccc34)ccc2N2CCCCCC2)COC1. The van der Waals surface area contributed by atoms with Gasteiger partial charge in [0.25, 0.3) is 5.56 Å². The predicted octanol–water partition coefficient (Wildman–Crippen LogP) is 3.36. The lowest BCUT2D eigenvalue weighted by molar-refractivity contribution is -0.140. The van der Waals surface area contributed by atoms with Crippen molar-refractivity contribution in [2.75, 3.05) is 50.4 Å². The molecule has 3 heterocycles.